The summed E-state index contributed by atoms with van der Waals surface area (Å²) in [5.74, 6) is -0.512. The Morgan fingerprint density at radius 3 is 2.76 bits per heavy atom. The summed E-state index contributed by atoms with van der Waals surface area (Å²) >= 11 is 1.10. The maximum Gasteiger partial charge on any atom is 0.350 e. The lowest BCUT2D eigenvalue weighted by molar-refractivity contribution is -0.384. The van der Waals surface area contributed by atoms with Gasteiger partial charge in [-0.05, 0) is 31.5 Å². The monoisotopic (exact) mass is 306 g/mol. The van der Waals surface area contributed by atoms with Gasteiger partial charge in [-0.3, -0.25) is 10.1 Å². The first-order valence-electron chi connectivity index (χ1n) is 6.26. The average molecular weight is 306 g/mol. The Morgan fingerprint density at radius 2 is 2.14 bits per heavy atom. The van der Waals surface area contributed by atoms with E-state index in [0.29, 0.717) is 10.4 Å². The first-order chi connectivity index (χ1) is 9.93. The van der Waals surface area contributed by atoms with Crippen molar-refractivity contribution >= 4 is 28.7 Å². The summed E-state index contributed by atoms with van der Waals surface area (Å²) in [6.45, 7) is 3.79. The van der Waals surface area contributed by atoms with Crippen LogP contribution in [0.3, 0.4) is 0 Å². The molecule has 0 atom stereocenters. The molecule has 21 heavy (non-hydrogen) atoms. The van der Waals surface area contributed by atoms with Crippen molar-refractivity contribution in [3.63, 3.8) is 0 Å². The molecule has 0 amide bonds. The van der Waals surface area contributed by atoms with Gasteiger partial charge in [-0.15, -0.1) is 11.3 Å². The summed E-state index contributed by atoms with van der Waals surface area (Å²) in [6.07, 6.45) is 0. The Labute approximate surface area is 125 Å². The molecule has 0 saturated carbocycles. The third-order valence-electron chi connectivity index (χ3n) is 2.84. The van der Waals surface area contributed by atoms with Crippen molar-refractivity contribution in [2.24, 2.45) is 0 Å². The number of nitrogen functional groups attached to an aromatic ring is 1. The first-order valence-corrected chi connectivity index (χ1v) is 7.07. The van der Waals surface area contributed by atoms with Gasteiger partial charge >= 0.3 is 5.97 Å². The smallest absolute Gasteiger partial charge is 0.350 e. The summed E-state index contributed by atoms with van der Waals surface area (Å²) < 4.78 is 4.92. The lowest BCUT2D eigenvalue weighted by atomic mass is 10.1. The molecule has 0 aliphatic carbocycles. The Hall–Kier alpha value is -2.41. The largest absolute Gasteiger partial charge is 0.462 e. The van der Waals surface area contributed by atoms with E-state index < -0.39 is 10.9 Å². The van der Waals surface area contributed by atoms with Gasteiger partial charge in [0.15, 0.2) is 0 Å². The SMILES string of the molecule is CCOC(=O)c1sc(-c2cc(C)ccc2[N+](=O)[O-])cc1N. The molecule has 0 fully saturated rings. The number of nitrogens with two attached hydrogens (primary N) is 1. The highest BCUT2D eigenvalue weighted by Gasteiger charge is 2.21. The number of nitrogens with zero attached hydrogens (tertiary/aromatic N) is 1. The van der Waals surface area contributed by atoms with E-state index in [4.69, 9.17) is 10.5 Å². The molecule has 0 aliphatic heterocycles. The summed E-state index contributed by atoms with van der Waals surface area (Å²) in [6, 6.07) is 6.40. The third kappa shape index (κ3) is 3.03. The van der Waals surface area contributed by atoms with Crippen LogP contribution in [-0.2, 0) is 4.74 Å². The van der Waals surface area contributed by atoms with E-state index in [0.717, 1.165) is 16.9 Å². The molecule has 0 radical (unpaired) electrons. The number of aryl methyl sites for hydroxylation is 1. The zero-order chi connectivity index (χ0) is 15.6. The van der Waals surface area contributed by atoms with Crippen molar-refractivity contribution in [2.45, 2.75) is 13.8 Å². The fraction of sp³-hybridized carbons (Fsp3) is 0.214. The van der Waals surface area contributed by atoms with Crippen LogP contribution in [-0.4, -0.2) is 17.5 Å². The number of nitro benzene ring substituents is 1. The molecule has 2 N–H and O–H groups in total. The molecule has 7 heteroatoms. The van der Waals surface area contributed by atoms with Crippen LogP contribution in [0.1, 0.15) is 22.2 Å². The molecular formula is C14H14N2O4S. The number of thiophene rings is 1. The maximum atomic E-state index is 11.8. The molecule has 2 aromatic rings. The molecule has 1 aromatic heterocycles. The van der Waals surface area contributed by atoms with Gasteiger partial charge in [0.25, 0.3) is 5.69 Å². The lowest BCUT2D eigenvalue weighted by Gasteiger charge is -2.01. The van der Waals surface area contributed by atoms with Gasteiger partial charge in [-0.1, -0.05) is 6.07 Å². The molecule has 2 rings (SSSR count). The summed E-state index contributed by atoms with van der Waals surface area (Å²) in [7, 11) is 0. The van der Waals surface area contributed by atoms with Gasteiger partial charge in [0, 0.05) is 10.9 Å². The minimum absolute atomic E-state index is 0.0164. The number of nitro groups is 1. The second-order valence-electron chi connectivity index (χ2n) is 4.39. The predicted molar refractivity (Wildman–Crippen MR) is 81.5 cm³/mol. The van der Waals surface area contributed by atoms with Gasteiger partial charge in [-0.25, -0.2) is 4.79 Å². The van der Waals surface area contributed by atoms with E-state index in [1.165, 1.54) is 6.07 Å². The normalized spacial score (nSPS) is 10.4. The van der Waals surface area contributed by atoms with E-state index in [-0.39, 0.29) is 22.9 Å². The molecule has 6 nitrogen and oxygen atoms in total. The Morgan fingerprint density at radius 1 is 1.43 bits per heavy atom. The van der Waals surface area contributed by atoms with E-state index in [1.54, 1.807) is 25.1 Å². The molecule has 1 heterocycles. The van der Waals surface area contributed by atoms with Crippen LogP contribution in [0.2, 0.25) is 0 Å². The van der Waals surface area contributed by atoms with Crippen molar-refractivity contribution in [2.75, 3.05) is 12.3 Å². The summed E-state index contributed by atoms with van der Waals surface area (Å²) in [5, 5.41) is 11.1. The van der Waals surface area contributed by atoms with Crippen LogP contribution in [0, 0.1) is 17.0 Å². The number of benzene rings is 1. The van der Waals surface area contributed by atoms with Crippen LogP contribution in [0.25, 0.3) is 10.4 Å². The number of ether oxygens (including phenoxy) is 1. The molecule has 0 bridgehead atoms. The fourth-order valence-corrected chi connectivity index (χ4v) is 2.90. The quantitative estimate of drug-likeness (QED) is 0.530. The van der Waals surface area contributed by atoms with Crippen molar-refractivity contribution in [3.8, 4) is 10.4 Å². The molecular weight excluding hydrogens is 292 g/mol. The van der Waals surface area contributed by atoms with Crippen molar-refractivity contribution < 1.29 is 14.5 Å². The van der Waals surface area contributed by atoms with Crippen LogP contribution >= 0.6 is 11.3 Å². The maximum absolute atomic E-state index is 11.8. The Kier molecular flexibility index (Phi) is 4.23. The van der Waals surface area contributed by atoms with Crippen LogP contribution in [0.5, 0.6) is 0 Å². The zero-order valence-electron chi connectivity index (χ0n) is 11.6. The number of carbonyl (C=O) groups is 1. The first kappa shape index (κ1) is 15.0. The van der Waals surface area contributed by atoms with Crippen LogP contribution in [0.15, 0.2) is 24.3 Å². The minimum atomic E-state index is -0.512. The van der Waals surface area contributed by atoms with Gasteiger partial charge in [0.05, 0.1) is 22.8 Å². The lowest BCUT2D eigenvalue weighted by Crippen LogP contribution is -2.04. The molecule has 1 aromatic carbocycles. The number of esters is 1. The molecule has 0 spiro atoms. The zero-order valence-corrected chi connectivity index (χ0v) is 12.4. The molecule has 0 unspecified atom stereocenters. The number of hydrogen-bond donors (Lipinski definition) is 1. The third-order valence-corrected chi connectivity index (χ3v) is 4.00. The average Bonchev–Trinajstić information content (AvgIpc) is 2.80. The predicted octanol–water partition coefficient (Wildman–Crippen LogP) is 3.39. The molecule has 0 saturated heterocycles. The van der Waals surface area contributed by atoms with E-state index in [9.17, 15) is 14.9 Å². The Bertz CT molecular complexity index is 709. The molecule has 0 aliphatic rings. The van der Waals surface area contributed by atoms with Crippen molar-refractivity contribution in [3.05, 3.63) is 44.8 Å². The second-order valence-corrected chi connectivity index (χ2v) is 5.45. The number of carbonyl (C=O) groups excluding carboxylic acids is 1. The topological polar surface area (TPSA) is 95.5 Å². The van der Waals surface area contributed by atoms with Crippen molar-refractivity contribution in [1.29, 1.82) is 0 Å². The summed E-state index contributed by atoms with van der Waals surface area (Å²) in [4.78, 5) is 23.3. The van der Waals surface area contributed by atoms with E-state index >= 15 is 0 Å². The highest BCUT2D eigenvalue weighted by Crippen LogP contribution is 2.38. The van der Waals surface area contributed by atoms with Gasteiger partial charge in [0.2, 0.25) is 0 Å². The molecule has 110 valence electrons. The van der Waals surface area contributed by atoms with Crippen LogP contribution in [0.4, 0.5) is 11.4 Å². The van der Waals surface area contributed by atoms with Crippen molar-refractivity contribution in [1.82, 2.24) is 0 Å². The van der Waals surface area contributed by atoms with Gasteiger partial charge in [-0.2, -0.15) is 0 Å². The standard InChI is InChI=1S/C14H14N2O4S/c1-3-20-14(17)13-10(15)7-12(21-13)9-6-8(2)4-5-11(9)16(18)19/h4-7H,3,15H2,1-2H3. The minimum Gasteiger partial charge on any atom is -0.462 e. The number of rotatable bonds is 4. The number of hydrogen-bond acceptors (Lipinski definition) is 6. The summed E-state index contributed by atoms with van der Waals surface area (Å²) in [5.41, 5.74) is 7.41. The van der Waals surface area contributed by atoms with E-state index in [1.807, 2.05) is 6.92 Å². The van der Waals surface area contributed by atoms with E-state index in [2.05, 4.69) is 0 Å². The Balaban J connectivity index is 2.53. The van der Waals surface area contributed by atoms with Crippen LogP contribution < -0.4 is 5.73 Å². The fourth-order valence-electron chi connectivity index (χ4n) is 1.90. The second kappa shape index (κ2) is 5.92. The number of anilines is 1. The highest BCUT2D eigenvalue weighted by molar-refractivity contribution is 7.18. The highest BCUT2D eigenvalue weighted by atomic mass is 32.1. The van der Waals surface area contributed by atoms with Gasteiger partial charge < -0.3 is 10.5 Å². The van der Waals surface area contributed by atoms with Gasteiger partial charge in [0.1, 0.15) is 4.88 Å².